The lowest BCUT2D eigenvalue weighted by Crippen LogP contribution is -2.43. The van der Waals surface area contributed by atoms with Crippen LogP contribution in [0, 0.1) is 0 Å². The van der Waals surface area contributed by atoms with E-state index in [1.807, 2.05) is 0 Å². The summed E-state index contributed by atoms with van der Waals surface area (Å²) >= 11 is 0. The third kappa shape index (κ3) is 3.05. The lowest BCUT2D eigenvalue weighted by Gasteiger charge is -2.37. The molecule has 0 saturated heterocycles. The van der Waals surface area contributed by atoms with Gasteiger partial charge in [-0.3, -0.25) is 0 Å². The molecule has 0 heterocycles. The van der Waals surface area contributed by atoms with Gasteiger partial charge in [0.1, 0.15) is 0 Å². The van der Waals surface area contributed by atoms with Gasteiger partial charge in [-0.25, -0.2) is 0 Å². The monoisotopic (exact) mass is 242 g/mol. The maximum absolute atomic E-state index is 6.67. The van der Waals surface area contributed by atoms with E-state index in [2.05, 4.69) is 39.8 Å². The molecule has 0 aliphatic heterocycles. The van der Waals surface area contributed by atoms with Crippen LogP contribution in [0.25, 0.3) is 0 Å². The van der Waals surface area contributed by atoms with Gasteiger partial charge in [-0.2, -0.15) is 0 Å². The highest BCUT2D eigenvalue weighted by Gasteiger charge is 2.34. The van der Waals surface area contributed by atoms with Gasteiger partial charge in [0.05, 0.1) is 0 Å². The third-order valence-corrected chi connectivity index (χ3v) is 13.3. The number of hydrogen-bond acceptors (Lipinski definition) is 1. The van der Waals surface area contributed by atoms with E-state index >= 15 is 0 Å². The third-order valence-electron chi connectivity index (χ3n) is 4.01. The van der Waals surface area contributed by atoms with Gasteiger partial charge in [0, 0.05) is 0 Å². The maximum atomic E-state index is 6.67. The van der Waals surface area contributed by atoms with Crippen molar-refractivity contribution < 1.29 is 4.12 Å². The molecule has 1 nitrogen and oxygen atoms in total. The molecule has 0 aromatic rings. The van der Waals surface area contributed by atoms with Gasteiger partial charge in [-0.1, -0.05) is 39.8 Å². The Bertz CT molecular complexity index is 203. The molecule has 1 aliphatic rings. The number of hydrogen-bond donors (Lipinski definition) is 0. The van der Waals surface area contributed by atoms with Crippen LogP contribution >= 0.6 is 0 Å². The summed E-state index contributed by atoms with van der Waals surface area (Å²) < 4.78 is 6.67. The molecule has 1 rings (SSSR count). The van der Waals surface area contributed by atoms with Gasteiger partial charge in [0.25, 0.3) is 0 Å². The average molecular weight is 243 g/mol. The van der Waals surface area contributed by atoms with E-state index in [1.165, 1.54) is 30.6 Å². The summed E-state index contributed by atoms with van der Waals surface area (Å²) in [5, 5.41) is 0. The van der Waals surface area contributed by atoms with Crippen molar-refractivity contribution >= 4 is 17.4 Å². The van der Waals surface area contributed by atoms with E-state index in [4.69, 9.17) is 4.12 Å². The van der Waals surface area contributed by atoms with Crippen molar-refractivity contribution in [3.63, 3.8) is 0 Å². The number of rotatable bonds is 7. The van der Waals surface area contributed by atoms with Crippen LogP contribution < -0.4 is 0 Å². The Hall–Kier alpha value is 0.134. The van der Waals surface area contributed by atoms with Crippen molar-refractivity contribution in [1.82, 2.24) is 0 Å². The lowest BCUT2D eigenvalue weighted by atomic mass is 10.1. The normalized spacial score (nSPS) is 22.5. The van der Waals surface area contributed by atoms with Gasteiger partial charge >= 0.3 is 0 Å². The van der Waals surface area contributed by atoms with Crippen molar-refractivity contribution in [3.05, 3.63) is 12.2 Å². The topological polar surface area (TPSA) is 9.23 Å². The fourth-order valence-corrected chi connectivity index (χ4v) is 11.3. The molecule has 15 heavy (non-hydrogen) atoms. The van der Waals surface area contributed by atoms with E-state index < -0.39 is 17.4 Å². The first-order valence-electron chi connectivity index (χ1n) is 6.55. The molecule has 2 atom stereocenters. The SMILES string of the molecule is CC[SiH](O[Si](CC)(CC)CC)C1C=CC1. The quantitative estimate of drug-likeness (QED) is 0.483. The van der Waals surface area contributed by atoms with Crippen molar-refractivity contribution in [3.8, 4) is 0 Å². The van der Waals surface area contributed by atoms with Crippen LogP contribution in [-0.2, 0) is 4.12 Å². The second kappa shape index (κ2) is 6.01. The first-order chi connectivity index (χ1) is 7.21. The molecule has 1 aliphatic carbocycles. The van der Waals surface area contributed by atoms with Gasteiger partial charge in [0.15, 0.2) is 17.4 Å². The molecule has 0 bridgehead atoms. The van der Waals surface area contributed by atoms with Crippen molar-refractivity contribution in [2.75, 3.05) is 0 Å². The fraction of sp³-hybridized carbons (Fsp3) is 0.833. The molecule has 0 saturated carbocycles. The molecule has 0 spiro atoms. The highest BCUT2D eigenvalue weighted by Crippen LogP contribution is 2.33. The predicted molar refractivity (Wildman–Crippen MR) is 73.4 cm³/mol. The molecule has 0 aromatic carbocycles. The Morgan fingerprint density at radius 1 is 1.20 bits per heavy atom. The molecular formula is C12H26OSi2. The Kier molecular flexibility index (Phi) is 5.29. The van der Waals surface area contributed by atoms with Gasteiger partial charge in [0.2, 0.25) is 0 Å². The van der Waals surface area contributed by atoms with E-state index in [-0.39, 0.29) is 0 Å². The molecule has 0 aromatic heterocycles. The molecule has 3 heteroatoms. The van der Waals surface area contributed by atoms with E-state index in [0.717, 1.165) is 5.54 Å². The van der Waals surface area contributed by atoms with Crippen LogP contribution in [0.3, 0.4) is 0 Å². The summed E-state index contributed by atoms with van der Waals surface area (Å²) in [6.07, 6.45) is 5.99. The first kappa shape index (κ1) is 13.2. The second-order valence-electron chi connectivity index (χ2n) is 4.64. The van der Waals surface area contributed by atoms with Crippen LogP contribution in [-0.4, -0.2) is 17.4 Å². The highest BCUT2D eigenvalue weighted by molar-refractivity contribution is 6.80. The fourth-order valence-electron chi connectivity index (χ4n) is 2.36. The summed E-state index contributed by atoms with van der Waals surface area (Å²) in [6.45, 7) is 9.31. The Balaban J connectivity index is 2.57. The minimum absolute atomic E-state index is 0.853. The first-order valence-corrected chi connectivity index (χ1v) is 11.0. The summed E-state index contributed by atoms with van der Waals surface area (Å²) in [7, 11) is -2.24. The van der Waals surface area contributed by atoms with Crippen molar-refractivity contribution in [2.45, 2.75) is 63.8 Å². The van der Waals surface area contributed by atoms with Gasteiger partial charge < -0.3 is 4.12 Å². The van der Waals surface area contributed by atoms with Crippen molar-refractivity contribution in [1.29, 1.82) is 0 Å². The van der Waals surface area contributed by atoms with Crippen LogP contribution in [0.1, 0.15) is 34.1 Å². The minimum atomic E-state index is -1.32. The smallest absolute Gasteiger partial charge is 0.178 e. The van der Waals surface area contributed by atoms with Crippen LogP contribution in [0.5, 0.6) is 0 Å². The zero-order chi connectivity index (χ0) is 11.3. The minimum Gasteiger partial charge on any atom is -0.457 e. The Morgan fingerprint density at radius 3 is 2.00 bits per heavy atom. The summed E-state index contributed by atoms with van der Waals surface area (Å²) in [4.78, 5) is 0. The van der Waals surface area contributed by atoms with E-state index in [0.29, 0.717) is 0 Å². The van der Waals surface area contributed by atoms with Crippen LogP contribution in [0.15, 0.2) is 12.2 Å². The molecule has 0 radical (unpaired) electrons. The molecule has 0 N–H and O–H groups in total. The summed E-state index contributed by atoms with van der Waals surface area (Å²) in [5.41, 5.74) is 0.853. The predicted octanol–water partition coefficient (Wildman–Crippen LogP) is 4.08. The maximum Gasteiger partial charge on any atom is 0.178 e. The molecule has 0 amide bonds. The molecule has 2 unspecified atom stereocenters. The van der Waals surface area contributed by atoms with E-state index in [1.54, 1.807) is 0 Å². The zero-order valence-corrected chi connectivity index (χ0v) is 12.9. The van der Waals surface area contributed by atoms with Crippen LogP contribution in [0.4, 0.5) is 0 Å². The number of allylic oxidation sites excluding steroid dienone is 2. The summed E-state index contributed by atoms with van der Waals surface area (Å²) in [6, 6.07) is 5.23. The highest BCUT2D eigenvalue weighted by atomic mass is 28.4. The summed E-state index contributed by atoms with van der Waals surface area (Å²) in [5.74, 6) is 0. The Morgan fingerprint density at radius 2 is 1.73 bits per heavy atom. The standard InChI is InChI=1S/C12H26OSi2/c1-5-14(12-10-9-11-12)13-15(6-2,7-3)8-4/h9-10,12,14H,5-8,11H2,1-4H3. The lowest BCUT2D eigenvalue weighted by molar-refractivity contribution is 0.525. The van der Waals surface area contributed by atoms with E-state index in [9.17, 15) is 0 Å². The van der Waals surface area contributed by atoms with Gasteiger partial charge in [-0.15, -0.1) is 0 Å². The molecule has 88 valence electrons. The van der Waals surface area contributed by atoms with Crippen LogP contribution in [0.2, 0.25) is 29.7 Å². The Labute approximate surface area is 97.8 Å². The second-order valence-corrected chi connectivity index (χ2v) is 12.8. The molecular weight excluding hydrogens is 216 g/mol. The average Bonchev–Trinajstić information content (AvgIpc) is 2.22. The zero-order valence-electron chi connectivity index (χ0n) is 10.8. The molecule has 0 fully saturated rings. The largest absolute Gasteiger partial charge is 0.457 e. The van der Waals surface area contributed by atoms with Gasteiger partial charge in [-0.05, 0) is 36.1 Å². The van der Waals surface area contributed by atoms with Crippen molar-refractivity contribution in [2.24, 2.45) is 0 Å².